The van der Waals surface area contributed by atoms with Crippen molar-refractivity contribution in [1.82, 2.24) is 4.98 Å². The first-order valence-corrected chi connectivity index (χ1v) is 10.1. The summed E-state index contributed by atoms with van der Waals surface area (Å²) < 4.78 is 20.3. The highest BCUT2D eigenvalue weighted by atomic mass is 32.1. The molecule has 1 aliphatic heterocycles. The normalized spacial score (nSPS) is 15.8. The van der Waals surface area contributed by atoms with E-state index in [0.29, 0.717) is 17.7 Å². The van der Waals surface area contributed by atoms with E-state index in [2.05, 4.69) is 4.98 Å². The van der Waals surface area contributed by atoms with Crippen molar-refractivity contribution in [2.24, 2.45) is 0 Å². The van der Waals surface area contributed by atoms with Gasteiger partial charge in [-0.1, -0.05) is 17.4 Å². The number of carbonyl (C=O) groups excluding carboxylic acids is 1. The molecule has 10 nitrogen and oxygen atoms in total. The zero-order chi connectivity index (χ0) is 22.1. The summed E-state index contributed by atoms with van der Waals surface area (Å²) in [7, 11) is 0. The van der Waals surface area contributed by atoms with Gasteiger partial charge in [-0.05, 0) is 25.0 Å². The summed E-state index contributed by atoms with van der Waals surface area (Å²) in [6.07, 6.45) is 1.20. The van der Waals surface area contributed by atoms with Crippen molar-refractivity contribution < 1.29 is 23.8 Å². The zero-order valence-electron chi connectivity index (χ0n) is 15.9. The van der Waals surface area contributed by atoms with Crippen LogP contribution in [0.1, 0.15) is 23.2 Å². The van der Waals surface area contributed by atoms with Gasteiger partial charge in [0, 0.05) is 18.7 Å². The Balaban J connectivity index is 1.79. The third-order valence-corrected chi connectivity index (χ3v) is 5.86. The number of nitro groups is 2. The molecular weight excluding hydrogens is 431 g/mol. The number of halogens is 1. The van der Waals surface area contributed by atoms with E-state index in [4.69, 9.17) is 4.74 Å². The Morgan fingerprint density at radius 1 is 1.23 bits per heavy atom. The van der Waals surface area contributed by atoms with Crippen LogP contribution in [0.25, 0.3) is 10.2 Å². The molecule has 1 fully saturated rings. The minimum absolute atomic E-state index is 0.0801. The number of non-ortho nitro benzene ring substituents is 2. The predicted octanol–water partition coefficient (Wildman–Crippen LogP) is 4.08. The van der Waals surface area contributed by atoms with Gasteiger partial charge in [-0.15, -0.1) is 0 Å². The van der Waals surface area contributed by atoms with Crippen LogP contribution in [0.2, 0.25) is 0 Å². The number of anilines is 1. The standard InChI is InChI=1S/C19H15FN4O6S/c20-15-4-1-5-16-17(15)21-19(31-16)22(10-14-3-2-6-30-14)18(25)11-7-12(23(26)27)9-13(8-11)24(28)29/h1,4-5,7-9,14H,2-3,6,10H2. The molecule has 1 aromatic heterocycles. The number of aromatic nitrogens is 1. The first-order chi connectivity index (χ1) is 14.8. The highest BCUT2D eigenvalue weighted by Gasteiger charge is 2.29. The molecule has 2 aromatic carbocycles. The number of fused-ring (bicyclic) bond motifs is 1. The first kappa shape index (κ1) is 20.8. The Kier molecular flexibility index (Phi) is 5.57. The van der Waals surface area contributed by atoms with Crippen molar-refractivity contribution >= 4 is 44.0 Å². The fraction of sp³-hybridized carbons (Fsp3) is 0.263. The van der Waals surface area contributed by atoms with Crippen LogP contribution in [-0.4, -0.2) is 40.0 Å². The Morgan fingerprint density at radius 2 is 1.94 bits per heavy atom. The maximum Gasteiger partial charge on any atom is 0.277 e. The van der Waals surface area contributed by atoms with Gasteiger partial charge in [0.15, 0.2) is 5.13 Å². The smallest absolute Gasteiger partial charge is 0.277 e. The van der Waals surface area contributed by atoms with Crippen LogP contribution in [0, 0.1) is 26.0 Å². The number of para-hydroxylation sites is 1. The average molecular weight is 446 g/mol. The number of hydrogen-bond acceptors (Lipinski definition) is 8. The molecule has 12 heteroatoms. The Morgan fingerprint density at radius 3 is 2.52 bits per heavy atom. The lowest BCUT2D eigenvalue weighted by atomic mass is 10.1. The molecule has 160 valence electrons. The SMILES string of the molecule is O=C(c1cc([N+](=O)[O-])cc([N+](=O)[O-])c1)N(CC1CCCO1)c1nc2c(F)cccc2s1. The van der Waals surface area contributed by atoms with Gasteiger partial charge in [-0.3, -0.25) is 29.9 Å². The summed E-state index contributed by atoms with van der Waals surface area (Å²) in [6.45, 7) is 0.611. The van der Waals surface area contributed by atoms with Crippen LogP contribution in [0.15, 0.2) is 36.4 Å². The third-order valence-electron chi connectivity index (χ3n) is 4.82. The fourth-order valence-corrected chi connectivity index (χ4v) is 4.33. The quantitative estimate of drug-likeness (QED) is 0.412. The van der Waals surface area contributed by atoms with Gasteiger partial charge in [0.05, 0.1) is 38.8 Å². The zero-order valence-corrected chi connectivity index (χ0v) is 16.7. The second-order valence-corrected chi connectivity index (χ2v) is 7.90. The second-order valence-electron chi connectivity index (χ2n) is 6.89. The molecule has 1 saturated heterocycles. The number of amides is 1. The van der Waals surface area contributed by atoms with E-state index < -0.39 is 32.9 Å². The maximum absolute atomic E-state index is 14.1. The predicted molar refractivity (Wildman–Crippen MR) is 110 cm³/mol. The van der Waals surface area contributed by atoms with Crippen LogP contribution < -0.4 is 4.90 Å². The van der Waals surface area contributed by atoms with Gasteiger partial charge in [0.25, 0.3) is 17.3 Å². The number of hydrogen-bond donors (Lipinski definition) is 0. The minimum atomic E-state index is -0.804. The molecule has 0 bridgehead atoms. The van der Waals surface area contributed by atoms with Gasteiger partial charge >= 0.3 is 0 Å². The lowest BCUT2D eigenvalue weighted by Gasteiger charge is -2.23. The van der Waals surface area contributed by atoms with Crippen LogP contribution >= 0.6 is 11.3 Å². The van der Waals surface area contributed by atoms with Crippen LogP contribution in [0.5, 0.6) is 0 Å². The molecule has 1 amide bonds. The topological polar surface area (TPSA) is 129 Å². The molecule has 0 saturated carbocycles. The van der Waals surface area contributed by atoms with Gasteiger partial charge in [-0.2, -0.15) is 0 Å². The second kappa shape index (κ2) is 8.32. The van der Waals surface area contributed by atoms with E-state index in [9.17, 15) is 29.4 Å². The van der Waals surface area contributed by atoms with Crippen LogP contribution in [0.3, 0.4) is 0 Å². The number of rotatable bonds is 6. The number of nitrogens with zero attached hydrogens (tertiary/aromatic N) is 4. The van der Waals surface area contributed by atoms with Gasteiger partial charge in [-0.25, -0.2) is 9.37 Å². The van der Waals surface area contributed by atoms with E-state index >= 15 is 0 Å². The minimum Gasteiger partial charge on any atom is -0.376 e. The largest absolute Gasteiger partial charge is 0.376 e. The number of carbonyl (C=O) groups is 1. The Labute approximate surface area is 178 Å². The van der Waals surface area contributed by atoms with Gasteiger partial charge in [0.1, 0.15) is 11.3 Å². The monoisotopic (exact) mass is 446 g/mol. The maximum atomic E-state index is 14.1. The summed E-state index contributed by atoms with van der Waals surface area (Å²) >= 11 is 1.08. The molecule has 1 aliphatic rings. The molecule has 1 unspecified atom stereocenters. The van der Waals surface area contributed by atoms with Crippen molar-refractivity contribution in [3.8, 4) is 0 Å². The van der Waals surface area contributed by atoms with Crippen molar-refractivity contribution in [2.45, 2.75) is 18.9 Å². The number of thiazole rings is 1. The number of nitro benzene ring substituents is 2. The van der Waals surface area contributed by atoms with Crippen molar-refractivity contribution in [1.29, 1.82) is 0 Å². The summed E-state index contributed by atoms with van der Waals surface area (Å²) in [4.78, 5) is 39.6. The van der Waals surface area contributed by atoms with E-state index in [-0.39, 0.29) is 28.9 Å². The fourth-order valence-electron chi connectivity index (χ4n) is 3.34. The molecule has 0 spiro atoms. The molecular formula is C19H15FN4O6S. The highest BCUT2D eigenvalue weighted by molar-refractivity contribution is 7.22. The summed E-state index contributed by atoms with van der Waals surface area (Å²) in [5.41, 5.74) is -1.30. The van der Waals surface area contributed by atoms with E-state index in [1.54, 1.807) is 6.07 Å². The lowest BCUT2D eigenvalue weighted by Crippen LogP contribution is -2.37. The summed E-state index contributed by atoms with van der Waals surface area (Å²) in [5, 5.41) is 22.6. The molecule has 0 N–H and O–H groups in total. The molecule has 31 heavy (non-hydrogen) atoms. The van der Waals surface area contributed by atoms with E-state index in [1.807, 2.05) is 0 Å². The lowest BCUT2D eigenvalue weighted by molar-refractivity contribution is -0.394. The molecule has 1 atom stereocenters. The third kappa shape index (κ3) is 4.20. The van der Waals surface area contributed by atoms with Crippen molar-refractivity contribution in [3.63, 3.8) is 0 Å². The number of ether oxygens (including phenoxy) is 1. The molecule has 2 heterocycles. The Hall–Kier alpha value is -3.51. The Bertz CT molecular complexity index is 1160. The average Bonchev–Trinajstić information content (AvgIpc) is 3.41. The molecule has 3 aromatic rings. The number of benzene rings is 2. The van der Waals surface area contributed by atoms with Gasteiger partial charge in [0.2, 0.25) is 0 Å². The molecule has 0 radical (unpaired) electrons. The van der Waals surface area contributed by atoms with Crippen LogP contribution in [0.4, 0.5) is 20.9 Å². The molecule has 0 aliphatic carbocycles. The van der Waals surface area contributed by atoms with Crippen LogP contribution in [-0.2, 0) is 4.74 Å². The summed E-state index contributed by atoms with van der Waals surface area (Å²) in [6, 6.07) is 7.18. The van der Waals surface area contributed by atoms with Gasteiger partial charge < -0.3 is 4.74 Å². The highest BCUT2D eigenvalue weighted by Crippen LogP contribution is 2.33. The van der Waals surface area contributed by atoms with E-state index in [1.165, 1.54) is 17.0 Å². The molecule has 4 rings (SSSR count). The van der Waals surface area contributed by atoms with Crippen molar-refractivity contribution in [3.05, 3.63) is 68.0 Å². The first-order valence-electron chi connectivity index (χ1n) is 9.26. The van der Waals surface area contributed by atoms with Crippen molar-refractivity contribution in [2.75, 3.05) is 18.1 Å². The summed E-state index contributed by atoms with van der Waals surface area (Å²) in [5.74, 6) is -1.27. The van der Waals surface area contributed by atoms with E-state index in [0.717, 1.165) is 36.0 Å².